The molecule has 6 atom stereocenters. The average Bonchev–Trinajstić information content (AvgIpc) is 3.24. The smallest absolute Gasteiger partial charge is 0.257 e. The van der Waals surface area contributed by atoms with Crippen LogP contribution in [0, 0.1) is 34.5 Å². The molecule has 0 spiro atoms. The van der Waals surface area contributed by atoms with Crippen LogP contribution in [0.4, 0.5) is 5.13 Å². The van der Waals surface area contributed by atoms with Crippen LogP contribution in [-0.4, -0.2) is 51.5 Å². The van der Waals surface area contributed by atoms with E-state index >= 15 is 0 Å². The minimum absolute atomic E-state index is 0.00278. The van der Waals surface area contributed by atoms with E-state index in [9.17, 15) is 14.7 Å². The Bertz CT molecular complexity index is 1130. The van der Waals surface area contributed by atoms with E-state index in [0.717, 1.165) is 29.8 Å². The van der Waals surface area contributed by atoms with Crippen molar-refractivity contribution < 1.29 is 14.7 Å². The molecule has 0 saturated heterocycles. The molecule has 2 aromatic rings. The third-order valence-corrected chi connectivity index (χ3v) is 9.04. The number of aliphatic hydroxyl groups is 1. The molecule has 0 unspecified atom stereocenters. The van der Waals surface area contributed by atoms with Gasteiger partial charge in [-0.05, 0) is 48.6 Å². The van der Waals surface area contributed by atoms with E-state index in [4.69, 9.17) is 10.2 Å². The number of hydrogen-bond acceptors (Lipinski definition) is 7. The molecule has 2 N–H and O–H groups in total. The summed E-state index contributed by atoms with van der Waals surface area (Å²) >= 11 is 1.51. The number of rotatable bonds is 6. The maximum absolute atomic E-state index is 13.0. The zero-order valence-corrected chi connectivity index (χ0v) is 21.5. The quantitative estimate of drug-likeness (QED) is 0.628. The highest BCUT2D eigenvalue weighted by molar-refractivity contribution is 7.15. The van der Waals surface area contributed by atoms with Gasteiger partial charge in [0.15, 0.2) is 5.13 Å². The second kappa shape index (κ2) is 10.0. The predicted octanol–water partition coefficient (Wildman–Crippen LogP) is 3.85. The summed E-state index contributed by atoms with van der Waals surface area (Å²) in [5, 5.41) is 23.9. The molecule has 2 amide bonds. The fourth-order valence-electron chi connectivity index (χ4n) is 6.13. The highest BCUT2D eigenvalue weighted by Gasteiger charge is 2.54. The van der Waals surface area contributed by atoms with E-state index < -0.39 is 6.10 Å². The minimum atomic E-state index is -0.628. The average molecular weight is 496 g/mol. The Morgan fingerprint density at radius 1 is 1.40 bits per heavy atom. The molecule has 2 aliphatic rings. The Balaban J connectivity index is 1.52. The number of thiazole rings is 1. The lowest BCUT2D eigenvalue weighted by atomic mass is 9.53. The van der Waals surface area contributed by atoms with E-state index in [2.05, 4.69) is 30.2 Å². The summed E-state index contributed by atoms with van der Waals surface area (Å²) in [4.78, 5) is 37.1. The predicted molar refractivity (Wildman–Crippen MR) is 134 cm³/mol. The molecule has 8 nitrogen and oxygen atoms in total. The summed E-state index contributed by atoms with van der Waals surface area (Å²) in [5.74, 6) is -0.729. The number of nitrogens with zero attached hydrogens (tertiary/aromatic N) is 4. The molecule has 4 rings (SSSR count). The fraction of sp³-hybridized carbons (Fsp3) is 0.577. The second-order valence-electron chi connectivity index (χ2n) is 10.3. The molecule has 1 saturated carbocycles. The number of aromatic nitrogens is 2. The fourth-order valence-corrected chi connectivity index (χ4v) is 7.39. The van der Waals surface area contributed by atoms with E-state index in [0.29, 0.717) is 23.7 Å². The number of carbonyl (C=O) groups is 2. The lowest BCUT2D eigenvalue weighted by Crippen LogP contribution is -2.53. The topological polar surface area (TPSA) is 119 Å². The Kier molecular flexibility index (Phi) is 7.25. The highest BCUT2D eigenvalue weighted by atomic mass is 32.1. The van der Waals surface area contributed by atoms with Crippen molar-refractivity contribution in [3.8, 4) is 6.07 Å². The summed E-state index contributed by atoms with van der Waals surface area (Å²) in [6, 6.07) is 5.41. The standard InChI is InChI=1S/C26H33N5O3S/c1-15(24(34)31(4)13-5-10-27)18-6-9-26(3)14-19-21(16(2)20(26)22(18)32)29-25(35-19)30-23(33)17-7-11-28-12-8-17/h7-8,11-12,15-16,18,20,22,32H,5-6,9,13-14H2,1-4H3,(H,29,30,33)/t15-,16-,18+,20+,22-,26-/m0/s1. The SMILES string of the molecule is C[C@H](C(=O)N(C)CCC#N)[C@H]1CC[C@@]2(C)Cc3sc(NC(=O)c4ccncc4)nc3[C@@H](C)[C@@H]2[C@H]1O. The Labute approximate surface area is 210 Å². The molecular formula is C26H33N5O3S. The first kappa shape index (κ1) is 25.3. The normalized spacial score (nSPS) is 28.2. The van der Waals surface area contributed by atoms with Crippen LogP contribution < -0.4 is 5.32 Å². The van der Waals surface area contributed by atoms with Gasteiger partial charge in [0.25, 0.3) is 5.91 Å². The van der Waals surface area contributed by atoms with Gasteiger partial charge in [0.2, 0.25) is 5.91 Å². The van der Waals surface area contributed by atoms with Crippen molar-refractivity contribution in [3.63, 3.8) is 0 Å². The zero-order valence-electron chi connectivity index (χ0n) is 20.7. The Hall–Kier alpha value is -2.83. The van der Waals surface area contributed by atoms with Crippen LogP contribution in [-0.2, 0) is 11.2 Å². The van der Waals surface area contributed by atoms with Crippen molar-refractivity contribution >= 4 is 28.3 Å². The molecule has 2 aromatic heterocycles. The van der Waals surface area contributed by atoms with Gasteiger partial charge in [0.05, 0.1) is 24.3 Å². The van der Waals surface area contributed by atoms with Crippen molar-refractivity contribution in [3.05, 3.63) is 40.7 Å². The molecule has 2 aliphatic carbocycles. The summed E-state index contributed by atoms with van der Waals surface area (Å²) in [5.41, 5.74) is 1.36. The molecule has 0 bridgehead atoms. The van der Waals surface area contributed by atoms with Crippen LogP contribution >= 0.6 is 11.3 Å². The van der Waals surface area contributed by atoms with Crippen molar-refractivity contribution in [2.24, 2.45) is 23.2 Å². The number of amides is 2. The van der Waals surface area contributed by atoms with Crippen molar-refractivity contribution in [1.29, 1.82) is 5.26 Å². The number of carbonyl (C=O) groups excluding carboxylic acids is 2. The van der Waals surface area contributed by atoms with E-state index in [1.54, 1.807) is 36.5 Å². The van der Waals surface area contributed by atoms with Crippen LogP contribution in [0.3, 0.4) is 0 Å². The third kappa shape index (κ3) is 4.82. The zero-order chi connectivity index (χ0) is 25.3. The minimum Gasteiger partial charge on any atom is -0.392 e. The molecule has 35 heavy (non-hydrogen) atoms. The first-order valence-corrected chi connectivity index (χ1v) is 13.0. The van der Waals surface area contributed by atoms with Gasteiger partial charge in [0.1, 0.15) is 0 Å². The molecule has 1 fully saturated rings. The summed E-state index contributed by atoms with van der Waals surface area (Å²) in [7, 11) is 1.72. The Morgan fingerprint density at radius 2 is 2.11 bits per heavy atom. The first-order valence-electron chi connectivity index (χ1n) is 12.2. The van der Waals surface area contributed by atoms with Gasteiger partial charge in [-0.1, -0.05) is 20.8 Å². The van der Waals surface area contributed by atoms with Gasteiger partial charge in [-0.3, -0.25) is 19.9 Å². The van der Waals surface area contributed by atoms with E-state index in [1.807, 2.05) is 6.92 Å². The van der Waals surface area contributed by atoms with Crippen molar-refractivity contribution in [2.45, 2.75) is 58.5 Å². The summed E-state index contributed by atoms with van der Waals surface area (Å²) < 4.78 is 0. The molecule has 186 valence electrons. The second-order valence-corrected chi connectivity index (χ2v) is 11.4. The maximum atomic E-state index is 13.0. The lowest BCUT2D eigenvalue weighted by Gasteiger charge is -2.53. The molecule has 0 radical (unpaired) electrons. The van der Waals surface area contributed by atoms with Crippen LogP contribution in [0.25, 0.3) is 0 Å². The van der Waals surface area contributed by atoms with Gasteiger partial charge in [-0.25, -0.2) is 4.98 Å². The van der Waals surface area contributed by atoms with Crippen LogP contribution in [0.15, 0.2) is 24.5 Å². The van der Waals surface area contributed by atoms with Crippen LogP contribution in [0.1, 0.15) is 66.9 Å². The number of nitrogens with one attached hydrogen (secondary N) is 1. The number of aliphatic hydroxyl groups excluding tert-OH is 1. The van der Waals surface area contributed by atoms with Crippen molar-refractivity contribution in [2.75, 3.05) is 18.9 Å². The lowest BCUT2D eigenvalue weighted by molar-refractivity contribution is -0.143. The number of hydrogen-bond donors (Lipinski definition) is 2. The first-order chi connectivity index (χ1) is 16.7. The van der Waals surface area contributed by atoms with Gasteiger partial charge < -0.3 is 10.0 Å². The van der Waals surface area contributed by atoms with Gasteiger partial charge in [0, 0.05) is 48.3 Å². The molecule has 2 heterocycles. The molecule has 0 aromatic carbocycles. The van der Waals surface area contributed by atoms with Gasteiger partial charge >= 0.3 is 0 Å². The Morgan fingerprint density at radius 3 is 2.80 bits per heavy atom. The highest BCUT2D eigenvalue weighted by Crippen LogP contribution is 2.57. The van der Waals surface area contributed by atoms with Crippen LogP contribution in [0.2, 0.25) is 0 Å². The summed E-state index contributed by atoms with van der Waals surface area (Å²) in [6.45, 7) is 6.63. The molecular weight excluding hydrogens is 462 g/mol. The summed E-state index contributed by atoms with van der Waals surface area (Å²) in [6.07, 6.45) is 5.33. The van der Waals surface area contributed by atoms with E-state index in [1.165, 1.54) is 11.3 Å². The largest absolute Gasteiger partial charge is 0.392 e. The third-order valence-electron chi connectivity index (χ3n) is 8.05. The van der Waals surface area contributed by atoms with E-state index in [-0.39, 0.29) is 40.9 Å². The van der Waals surface area contributed by atoms with Crippen LogP contribution in [0.5, 0.6) is 0 Å². The number of fused-ring (bicyclic) bond motifs is 2. The van der Waals surface area contributed by atoms with Gasteiger partial charge in [-0.2, -0.15) is 5.26 Å². The maximum Gasteiger partial charge on any atom is 0.257 e. The van der Waals surface area contributed by atoms with Crippen molar-refractivity contribution in [1.82, 2.24) is 14.9 Å². The number of nitriles is 1. The monoisotopic (exact) mass is 495 g/mol. The van der Waals surface area contributed by atoms with Gasteiger partial charge in [-0.15, -0.1) is 11.3 Å². The molecule has 0 aliphatic heterocycles. The number of pyridine rings is 1. The molecule has 9 heteroatoms. The number of anilines is 1.